The van der Waals surface area contributed by atoms with Crippen molar-refractivity contribution in [1.29, 1.82) is 0 Å². The van der Waals surface area contributed by atoms with Crippen LogP contribution in [0, 0.1) is 0 Å². The molecule has 0 fully saturated rings. The number of ether oxygens (including phenoxy) is 3. The van der Waals surface area contributed by atoms with E-state index in [1.165, 1.54) is 0 Å². The Bertz CT molecular complexity index is 1540. The Hall–Kier alpha value is -3.66. The molecule has 4 aromatic carbocycles. The van der Waals surface area contributed by atoms with E-state index in [-0.39, 0.29) is 12.5 Å². The van der Waals surface area contributed by atoms with Crippen LogP contribution >= 0.6 is 31.9 Å². The molecule has 9 heteroatoms. The fourth-order valence-electron chi connectivity index (χ4n) is 4.91. The number of aliphatic hydroxyl groups is 1. The molecule has 0 spiro atoms. The maximum absolute atomic E-state index is 14.4. The molecule has 5 rings (SSSR count). The summed E-state index contributed by atoms with van der Waals surface area (Å²) in [5.74, 6) is 1.57. The molecule has 2 atom stereocenters. The van der Waals surface area contributed by atoms with Gasteiger partial charge in [-0.2, -0.15) is 0 Å². The molecule has 4 aromatic rings. The number of benzene rings is 4. The first kappa shape index (κ1) is 30.8. The Morgan fingerprint density at radius 1 is 0.884 bits per heavy atom. The SMILES string of the molecule is COc1ccc(CNC(=O)[C@]2(Cc3ccc(Br)cc3)N=C(c3ccc(OCCCO)cc3)O[C@@H]2c2ccc(Br)cc2)cc1. The first-order chi connectivity index (χ1) is 20.9. The summed E-state index contributed by atoms with van der Waals surface area (Å²) in [6, 6.07) is 30.7. The van der Waals surface area contributed by atoms with Crippen LogP contribution in [0.25, 0.3) is 0 Å². The predicted molar refractivity (Wildman–Crippen MR) is 174 cm³/mol. The second-order valence-corrected chi connectivity index (χ2v) is 12.0. The molecule has 0 radical (unpaired) electrons. The van der Waals surface area contributed by atoms with Crippen LogP contribution in [0.2, 0.25) is 0 Å². The second-order valence-electron chi connectivity index (χ2n) is 10.2. The van der Waals surface area contributed by atoms with E-state index in [1.807, 2.05) is 97.1 Å². The topological polar surface area (TPSA) is 89.4 Å². The van der Waals surface area contributed by atoms with Crippen LogP contribution < -0.4 is 14.8 Å². The van der Waals surface area contributed by atoms with Gasteiger partial charge >= 0.3 is 0 Å². The largest absolute Gasteiger partial charge is 0.497 e. The van der Waals surface area contributed by atoms with Gasteiger partial charge in [-0.3, -0.25) is 4.79 Å². The van der Waals surface area contributed by atoms with Gasteiger partial charge in [0.15, 0.2) is 11.6 Å². The molecule has 0 saturated heterocycles. The zero-order chi connectivity index (χ0) is 30.2. The molecule has 1 amide bonds. The Morgan fingerprint density at radius 3 is 2.12 bits per heavy atom. The highest BCUT2D eigenvalue weighted by Crippen LogP contribution is 2.43. The minimum atomic E-state index is -1.29. The lowest BCUT2D eigenvalue weighted by Crippen LogP contribution is -2.49. The van der Waals surface area contributed by atoms with Crippen LogP contribution in [0.4, 0.5) is 0 Å². The number of hydrogen-bond acceptors (Lipinski definition) is 6. The third-order valence-corrected chi connectivity index (χ3v) is 8.26. The highest BCUT2D eigenvalue weighted by atomic mass is 79.9. The lowest BCUT2D eigenvalue weighted by atomic mass is 9.82. The highest BCUT2D eigenvalue weighted by molar-refractivity contribution is 9.10. The van der Waals surface area contributed by atoms with E-state index in [4.69, 9.17) is 24.3 Å². The molecule has 0 aliphatic carbocycles. The molecule has 2 N–H and O–H groups in total. The molecule has 1 heterocycles. The van der Waals surface area contributed by atoms with Crippen molar-refractivity contribution in [1.82, 2.24) is 5.32 Å². The summed E-state index contributed by atoms with van der Waals surface area (Å²) in [5.41, 5.74) is 2.17. The van der Waals surface area contributed by atoms with Gasteiger partial charge in [0, 0.05) is 40.5 Å². The number of nitrogens with zero attached hydrogens (tertiary/aromatic N) is 1. The maximum atomic E-state index is 14.4. The van der Waals surface area contributed by atoms with Gasteiger partial charge in [-0.15, -0.1) is 0 Å². The van der Waals surface area contributed by atoms with Crippen LogP contribution in [-0.2, 0) is 22.5 Å². The van der Waals surface area contributed by atoms with Crippen molar-refractivity contribution in [2.75, 3.05) is 20.3 Å². The number of halogens is 2. The summed E-state index contributed by atoms with van der Waals surface area (Å²) >= 11 is 7.04. The smallest absolute Gasteiger partial charge is 0.252 e. The third kappa shape index (κ3) is 7.47. The third-order valence-electron chi connectivity index (χ3n) is 7.20. The average molecular weight is 708 g/mol. The molecule has 0 unspecified atom stereocenters. The Morgan fingerprint density at radius 2 is 1.49 bits per heavy atom. The number of aliphatic imine (C=N–C) groups is 1. The minimum Gasteiger partial charge on any atom is -0.497 e. The van der Waals surface area contributed by atoms with E-state index in [1.54, 1.807) is 7.11 Å². The molecule has 0 bridgehead atoms. The minimum absolute atomic E-state index is 0.0706. The van der Waals surface area contributed by atoms with E-state index in [9.17, 15) is 4.79 Å². The van der Waals surface area contributed by atoms with E-state index in [2.05, 4.69) is 37.2 Å². The first-order valence-corrected chi connectivity index (χ1v) is 15.5. The second kappa shape index (κ2) is 14.2. The summed E-state index contributed by atoms with van der Waals surface area (Å²) in [4.78, 5) is 19.5. The number of hydrogen-bond donors (Lipinski definition) is 2. The molecule has 0 saturated carbocycles. The van der Waals surface area contributed by atoms with Crippen molar-refractivity contribution >= 4 is 43.7 Å². The number of carbonyl (C=O) groups excluding carboxylic acids is 1. The zero-order valence-electron chi connectivity index (χ0n) is 23.6. The monoisotopic (exact) mass is 706 g/mol. The normalized spacial score (nSPS) is 17.6. The van der Waals surface area contributed by atoms with Crippen molar-refractivity contribution < 1.29 is 24.1 Å². The summed E-state index contributed by atoms with van der Waals surface area (Å²) in [6.07, 6.45) is 0.188. The quantitative estimate of drug-likeness (QED) is 0.158. The number of aliphatic hydroxyl groups excluding tert-OH is 1. The Labute approximate surface area is 268 Å². The summed E-state index contributed by atoms with van der Waals surface area (Å²) in [6.45, 7) is 0.813. The van der Waals surface area contributed by atoms with E-state index in [0.29, 0.717) is 37.6 Å². The molecule has 222 valence electrons. The molecule has 1 aliphatic heterocycles. The van der Waals surface area contributed by atoms with Gasteiger partial charge in [-0.05, 0) is 77.4 Å². The number of rotatable bonds is 12. The molecule has 7 nitrogen and oxygen atoms in total. The highest BCUT2D eigenvalue weighted by Gasteiger charge is 2.53. The van der Waals surface area contributed by atoms with Crippen LogP contribution in [0.15, 0.2) is 111 Å². The van der Waals surface area contributed by atoms with Gasteiger partial charge in [-0.25, -0.2) is 4.99 Å². The van der Waals surface area contributed by atoms with Gasteiger partial charge in [0.05, 0.1) is 13.7 Å². The Kier molecular flexibility index (Phi) is 10.2. The van der Waals surface area contributed by atoms with Gasteiger partial charge in [-0.1, -0.05) is 68.3 Å². The number of methoxy groups -OCH3 is 1. The Balaban J connectivity index is 1.53. The van der Waals surface area contributed by atoms with Gasteiger partial charge in [0.25, 0.3) is 5.91 Å². The van der Waals surface area contributed by atoms with Crippen molar-refractivity contribution in [2.45, 2.75) is 31.0 Å². The van der Waals surface area contributed by atoms with Crippen LogP contribution in [0.1, 0.15) is 34.8 Å². The fourth-order valence-corrected chi connectivity index (χ4v) is 5.44. The van der Waals surface area contributed by atoms with Crippen molar-refractivity contribution in [3.8, 4) is 11.5 Å². The number of amides is 1. The lowest BCUT2D eigenvalue weighted by molar-refractivity contribution is -0.129. The zero-order valence-corrected chi connectivity index (χ0v) is 26.8. The summed E-state index contributed by atoms with van der Waals surface area (Å²) < 4.78 is 19.5. The molecule has 0 aromatic heterocycles. The van der Waals surface area contributed by atoms with Crippen LogP contribution in [0.3, 0.4) is 0 Å². The van der Waals surface area contributed by atoms with Crippen molar-refractivity contribution in [2.24, 2.45) is 4.99 Å². The summed E-state index contributed by atoms with van der Waals surface area (Å²) in [5, 5.41) is 12.2. The van der Waals surface area contributed by atoms with Gasteiger partial charge < -0.3 is 24.6 Å². The van der Waals surface area contributed by atoms with Crippen molar-refractivity contribution in [3.05, 3.63) is 128 Å². The van der Waals surface area contributed by atoms with E-state index in [0.717, 1.165) is 36.9 Å². The van der Waals surface area contributed by atoms with Gasteiger partial charge in [0.1, 0.15) is 11.5 Å². The molecular weight excluding hydrogens is 676 g/mol. The molecule has 43 heavy (non-hydrogen) atoms. The first-order valence-electron chi connectivity index (χ1n) is 13.9. The number of carbonyl (C=O) groups is 1. The van der Waals surface area contributed by atoms with E-state index >= 15 is 0 Å². The standard InChI is InChI=1S/C34H32Br2N2O5/c1-41-29-15-5-24(6-16-29)22-37-33(40)34(21-23-3-11-27(35)12-4-23)31(25-7-13-28(36)14-8-25)43-32(38-34)26-9-17-30(18-10-26)42-20-2-19-39/h3-18,31,39H,2,19-22H2,1H3,(H,37,40)/t31-,34-/m1/s1. The van der Waals surface area contributed by atoms with Crippen molar-refractivity contribution in [3.63, 3.8) is 0 Å². The lowest BCUT2D eigenvalue weighted by Gasteiger charge is -2.31. The molecular formula is C34H32Br2N2O5. The fraction of sp³-hybridized carbons (Fsp3) is 0.235. The molecule has 1 aliphatic rings. The summed E-state index contributed by atoms with van der Waals surface area (Å²) in [7, 11) is 1.62. The van der Waals surface area contributed by atoms with Crippen LogP contribution in [0.5, 0.6) is 11.5 Å². The predicted octanol–water partition coefficient (Wildman–Crippen LogP) is 6.80. The maximum Gasteiger partial charge on any atom is 0.252 e. The van der Waals surface area contributed by atoms with Gasteiger partial charge in [0.2, 0.25) is 5.90 Å². The van der Waals surface area contributed by atoms with Crippen LogP contribution in [-0.4, -0.2) is 42.8 Å². The average Bonchev–Trinajstić information content (AvgIpc) is 3.42. The number of nitrogens with one attached hydrogen (secondary N) is 1. The van der Waals surface area contributed by atoms with E-state index < -0.39 is 11.6 Å².